The number of nitrogens with zero attached hydrogens (tertiary/aromatic N) is 1. The van der Waals surface area contributed by atoms with Gasteiger partial charge in [-0.2, -0.15) is 0 Å². The van der Waals surface area contributed by atoms with E-state index in [0.717, 1.165) is 16.8 Å². The number of amides is 2. The number of nitrogens with one attached hydrogen (secondary N) is 1. The molecular formula is C18H16N2O2S. The van der Waals surface area contributed by atoms with Crippen LogP contribution in [0.1, 0.15) is 17.5 Å². The summed E-state index contributed by atoms with van der Waals surface area (Å²) in [7, 11) is 0. The van der Waals surface area contributed by atoms with Crippen LogP contribution in [0.4, 0.5) is 5.69 Å². The average molecular weight is 324 g/mol. The van der Waals surface area contributed by atoms with Crippen LogP contribution < -0.4 is 5.32 Å². The summed E-state index contributed by atoms with van der Waals surface area (Å²) < 4.78 is 0. The summed E-state index contributed by atoms with van der Waals surface area (Å²) in [6.07, 6.45) is 0.122. The van der Waals surface area contributed by atoms with Crippen LogP contribution in [0.25, 0.3) is 0 Å². The molecule has 1 atom stereocenters. The van der Waals surface area contributed by atoms with Gasteiger partial charge in [-0.1, -0.05) is 59.8 Å². The third-order valence-corrected chi connectivity index (χ3v) is 4.67. The highest BCUT2D eigenvalue weighted by atomic mass is 32.2. The summed E-state index contributed by atoms with van der Waals surface area (Å²) in [4.78, 5) is 28.2. The Morgan fingerprint density at radius 2 is 1.83 bits per heavy atom. The Hall–Kier alpha value is -2.40. The summed E-state index contributed by atoms with van der Waals surface area (Å²) in [5.41, 5.74) is 2.78. The van der Waals surface area contributed by atoms with Crippen LogP contribution in [0.5, 0.6) is 0 Å². The fourth-order valence-electron chi connectivity index (χ4n) is 2.24. The second kappa shape index (κ2) is 6.79. The Morgan fingerprint density at radius 3 is 2.52 bits per heavy atom. The largest absolute Gasteiger partial charge is 0.326 e. The molecule has 2 amide bonds. The van der Waals surface area contributed by atoms with Crippen molar-refractivity contribution in [1.82, 2.24) is 0 Å². The van der Waals surface area contributed by atoms with Crippen LogP contribution in [-0.4, -0.2) is 22.1 Å². The number of thioether (sulfide) groups is 1. The minimum atomic E-state index is -0.448. The lowest BCUT2D eigenvalue weighted by Gasteiger charge is -2.08. The van der Waals surface area contributed by atoms with E-state index in [1.54, 1.807) is 0 Å². The number of carbonyl (C=O) groups is 2. The number of benzene rings is 2. The molecule has 5 heteroatoms. The van der Waals surface area contributed by atoms with Crippen LogP contribution in [0.15, 0.2) is 59.6 Å². The first-order chi connectivity index (χ1) is 11.1. The van der Waals surface area contributed by atoms with Gasteiger partial charge in [0.15, 0.2) is 0 Å². The lowest BCUT2D eigenvalue weighted by molar-refractivity contribution is -0.121. The summed E-state index contributed by atoms with van der Waals surface area (Å²) in [6, 6.07) is 17.1. The van der Waals surface area contributed by atoms with Crippen molar-refractivity contribution in [2.75, 3.05) is 5.32 Å². The Labute approximate surface area is 139 Å². The number of carbonyl (C=O) groups excluding carboxylic acids is 2. The van der Waals surface area contributed by atoms with E-state index in [1.165, 1.54) is 11.8 Å². The van der Waals surface area contributed by atoms with Crippen molar-refractivity contribution < 1.29 is 9.59 Å². The zero-order valence-electron chi connectivity index (χ0n) is 12.7. The highest BCUT2D eigenvalue weighted by molar-refractivity contribution is 8.16. The van der Waals surface area contributed by atoms with Gasteiger partial charge in [0.25, 0.3) is 5.91 Å². The molecule has 0 saturated carbocycles. The van der Waals surface area contributed by atoms with Crippen molar-refractivity contribution in [2.45, 2.75) is 18.6 Å². The minimum absolute atomic E-state index is 0.122. The smallest absolute Gasteiger partial charge is 0.260 e. The van der Waals surface area contributed by atoms with E-state index in [-0.39, 0.29) is 18.2 Å². The minimum Gasteiger partial charge on any atom is -0.326 e. The molecule has 116 valence electrons. The fraction of sp³-hybridized carbons (Fsp3) is 0.167. The molecule has 0 saturated heterocycles. The molecular weight excluding hydrogens is 308 g/mol. The van der Waals surface area contributed by atoms with Gasteiger partial charge in [-0.15, -0.1) is 0 Å². The van der Waals surface area contributed by atoms with Crippen LogP contribution in [-0.2, 0) is 9.59 Å². The molecule has 1 aliphatic rings. The highest BCUT2D eigenvalue weighted by Crippen LogP contribution is 2.29. The molecule has 0 fully saturated rings. The quantitative estimate of drug-likeness (QED) is 0.937. The molecule has 0 spiro atoms. The molecule has 2 aromatic rings. The SMILES string of the molecule is Cc1ccc(NC(=O)CC2SC(c3ccccc3)=NC2=O)cc1. The Bertz CT molecular complexity index is 754. The van der Waals surface area contributed by atoms with Gasteiger partial charge in [0.2, 0.25) is 5.91 Å². The third kappa shape index (κ3) is 3.87. The first-order valence-electron chi connectivity index (χ1n) is 7.33. The van der Waals surface area contributed by atoms with E-state index in [4.69, 9.17) is 0 Å². The van der Waals surface area contributed by atoms with Crippen LogP contribution in [0, 0.1) is 6.92 Å². The summed E-state index contributed by atoms with van der Waals surface area (Å²) in [5, 5.41) is 3.05. The van der Waals surface area contributed by atoms with Crippen molar-refractivity contribution in [2.24, 2.45) is 4.99 Å². The topological polar surface area (TPSA) is 58.5 Å². The zero-order valence-corrected chi connectivity index (χ0v) is 13.5. The number of hydrogen-bond donors (Lipinski definition) is 1. The molecule has 23 heavy (non-hydrogen) atoms. The van der Waals surface area contributed by atoms with Gasteiger partial charge in [-0.25, -0.2) is 4.99 Å². The predicted octanol–water partition coefficient (Wildman–Crippen LogP) is 3.41. The fourth-order valence-corrected chi connectivity index (χ4v) is 3.32. The molecule has 2 aromatic carbocycles. The van der Waals surface area contributed by atoms with Crippen molar-refractivity contribution in [3.63, 3.8) is 0 Å². The molecule has 0 bridgehead atoms. The van der Waals surface area contributed by atoms with Crippen LogP contribution in [0.3, 0.4) is 0 Å². The molecule has 3 rings (SSSR count). The maximum absolute atomic E-state index is 12.1. The lowest BCUT2D eigenvalue weighted by Crippen LogP contribution is -2.21. The maximum Gasteiger partial charge on any atom is 0.260 e. The predicted molar refractivity (Wildman–Crippen MR) is 93.8 cm³/mol. The molecule has 1 N–H and O–H groups in total. The molecule has 0 aliphatic carbocycles. The summed E-state index contributed by atoms with van der Waals surface area (Å²) >= 11 is 1.35. The normalized spacial score (nSPS) is 17.0. The van der Waals surface area contributed by atoms with Crippen molar-refractivity contribution in [1.29, 1.82) is 0 Å². The number of anilines is 1. The molecule has 0 aromatic heterocycles. The monoisotopic (exact) mass is 324 g/mol. The first kappa shape index (κ1) is 15.5. The number of aryl methyl sites for hydroxylation is 1. The van der Waals surface area contributed by atoms with Crippen molar-refractivity contribution in [3.05, 3.63) is 65.7 Å². The van der Waals surface area contributed by atoms with Crippen molar-refractivity contribution >= 4 is 34.3 Å². The van der Waals surface area contributed by atoms with Gasteiger partial charge in [0.1, 0.15) is 10.3 Å². The van der Waals surface area contributed by atoms with Crippen molar-refractivity contribution in [3.8, 4) is 0 Å². The second-order valence-electron chi connectivity index (χ2n) is 5.35. The number of rotatable bonds is 4. The highest BCUT2D eigenvalue weighted by Gasteiger charge is 2.30. The van der Waals surface area contributed by atoms with E-state index in [9.17, 15) is 9.59 Å². The van der Waals surface area contributed by atoms with Gasteiger partial charge in [0, 0.05) is 17.7 Å². The van der Waals surface area contributed by atoms with Gasteiger partial charge >= 0.3 is 0 Å². The van der Waals surface area contributed by atoms with Gasteiger partial charge < -0.3 is 5.32 Å². The third-order valence-electron chi connectivity index (χ3n) is 3.47. The van der Waals surface area contributed by atoms with E-state index in [0.29, 0.717) is 5.04 Å². The van der Waals surface area contributed by atoms with Crippen LogP contribution in [0.2, 0.25) is 0 Å². The number of hydrogen-bond acceptors (Lipinski definition) is 3. The molecule has 0 radical (unpaired) electrons. The number of aliphatic imine (C=N–C) groups is 1. The van der Waals surface area contributed by atoms with E-state index < -0.39 is 5.25 Å². The van der Waals surface area contributed by atoms with Gasteiger partial charge in [-0.05, 0) is 19.1 Å². The summed E-state index contributed by atoms with van der Waals surface area (Å²) in [5.74, 6) is -0.419. The summed E-state index contributed by atoms with van der Waals surface area (Å²) in [6.45, 7) is 1.99. The second-order valence-corrected chi connectivity index (χ2v) is 6.54. The zero-order chi connectivity index (χ0) is 16.2. The first-order valence-corrected chi connectivity index (χ1v) is 8.21. The van der Waals surface area contributed by atoms with Crippen LogP contribution >= 0.6 is 11.8 Å². The van der Waals surface area contributed by atoms with E-state index >= 15 is 0 Å². The lowest BCUT2D eigenvalue weighted by atomic mass is 10.2. The Balaban J connectivity index is 1.60. The average Bonchev–Trinajstić information content (AvgIpc) is 2.91. The molecule has 1 aliphatic heterocycles. The van der Waals surface area contributed by atoms with Gasteiger partial charge in [-0.3, -0.25) is 9.59 Å². The molecule has 4 nitrogen and oxygen atoms in total. The van der Waals surface area contributed by atoms with Gasteiger partial charge in [0.05, 0.1) is 0 Å². The molecule has 1 heterocycles. The Morgan fingerprint density at radius 1 is 1.13 bits per heavy atom. The maximum atomic E-state index is 12.1. The van der Waals surface area contributed by atoms with E-state index in [1.807, 2.05) is 61.5 Å². The van der Waals surface area contributed by atoms with E-state index in [2.05, 4.69) is 10.3 Å². The standard InChI is InChI=1S/C18H16N2O2S/c1-12-7-9-14(10-8-12)19-16(21)11-15-17(22)20-18(23-15)13-5-3-2-4-6-13/h2-10,15H,11H2,1H3,(H,19,21). The Kier molecular flexibility index (Phi) is 4.57. The molecule has 1 unspecified atom stereocenters.